The molecule has 0 saturated heterocycles. The number of nitriles is 1. The monoisotopic (exact) mass is 226 g/mol. The largest absolute Gasteiger partial charge is 0.244 e. The number of nitrogens with zero attached hydrogens (tertiary/aromatic N) is 2. The molecule has 0 fully saturated rings. The molecule has 76 valence electrons. The standard InChI is InChI=1S/C10H14N2S2/c1-3-5-13-7-10-12-8(4-2)9(6-11)14-10/h3-5,7H2,1-2H3. The minimum Gasteiger partial charge on any atom is -0.244 e. The van der Waals surface area contributed by atoms with Crippen molar-refractivity contribution in [2.24, 2.45) is 0 Å². The number of hydrogen-bond donors (Lipinski definition) is 0. The highest BCUT2D eigenvalue weighted by molar-refractivity contribution is 7.98. The van der Waals surface area contributed by atoms with Crippen molar-refractivity contribution in [3.05, 3.63) is 15.6 Å². The zero-order valence-electron chi connectivity index (χ0n) is 8.54. The first kappa shape index (κ1) is 11.5. The van der Waals surface area contributed by atoms with Crippen LogP contribution in [-0.2, 0) is 12.2 Å². The van der Waals surface area contributed by atoms with Gasteiger partial charge in [-0.2, -0.15) is 17.0 Å². The van der Waals surface area contributed by atoms with E-state index >= 15 is 0 Å². The van der Waals surface area contributed by atoms with Gasteiger partial charge < -0.3 is 0 Å². The average molecular weight is 226 g/mol. The van der Waals surface area contributed by atoms with Crippen molar-refractivity contribution in [2.45, 2.75) is 32.4 Å². The van der Waals surface area contributed by atoms with Gasteiger partial charge in [0.05, 0.1) is 5.69 Å². The zero-order valence-corrected chi connectivity index (χ0v) is 10.2. The van der Waals surface area contributed by atoms with Crippen LogP contribution in [0.15, 0.2) is 0 Å². The summed E-state index contributed by atoms with van der Waals surface area (Å²) in [6.07, 6.45) is 2.06. The van der Waals surface area contributed by atoms with Gasteiger partial charge in [-0.05, 0) is 18.6 Å². The Hall–Kier alpha value is -0.530. The number of thiazole rings is 1. The third-order valence-electron chi connectivity index (χ3n) is 1.75. The van der Waals surface area contributed by atoms with Gasteiger partial charge in [0, 0.05) is 5.75 Å². The summed E-state index contributed by atoms with van der Waals surface area (Å²) < 4.78 is 0. The molecule has 1 rings (SSSR count). The van der Waals surface area contributed by atoms with Crippen LogP contribution in [0.4, 0.5) is 0 Å². The molecule has 0 amide bonds. The fourth-order valence-corrected chi connectivity index (χ4v) is 3.00. The maximum absolute atomic E-state index is 8.85. The van der Waals surface area contributed by atoms with Crippen molar-refractivity contribution in [3.63, 3.8) is 0 Å². The normalized spacial score (nSPS) is 10.1. The summed E-state index contributed by atoms with van der Waals surface area (Å²) in [5.41, 5.74) is 0.963. The lowest BCUT2D eigenvalue weighted by atomic mass is 10.3. The molecule has 0 unspecified atom stereocenters. The minimum absolute atomic E-state index is 0.791. The molecule has 0 N–H and O–H groups in total. The Bertz CT molecular complexity index is 325. The van der Waals surface area contributed by atoms with Gasteiger partial charge in [-0.1, -0.05) is 13.8 Å². The Morgan fingerprint density at radius 3 is 2.79 bits per heavy atom. The highest BCUT2D eigenvalue weighted by Gasteiger charge is 2.08. The quantitative estimate of drug-likeness (QED) is 0.723. The molecular formula is C10H14N2S2. The molecule has 0 bridgehead atoms. The van der Waals surface area contributed by atoms with Crippen LogP contribution >= 0.6 is 23.1 Å². The average Bonchev–Trinajstić information content (AvgIpc) is 2.61. The second-order valence-electron chi connectivity index (χ2n) is 2.90. The lowest BCUT2D eigenvalue weighted by Crippen LogP contribution is -1.85. The Morgan fingerprint density at radius 2 is 2.29 bits per heavy atom. The first-order valence-electron chi connectivity index (χ1n) is 4.78. The SMILES string of the molecule is CCCSCc1nc(CC)c(C#N)s1. The Balaban J connectivity index is 2.61. The Labute approximate surface area is 93.4 Å². The fourth-order valence-electron chi connectivity index (χ4n) is 1.09. The smallest absolute Gasteiger partial charge is 0.128 e. The van der Waals surface area contributed by atoms with Crippen molar-refractivity contribution >= 4 is 23.1 Å². The third kappa shape index (κ3) is 3.00. The van der Waals surface area contributed by atoms with E-state index in [1.54, 1.807) is 11.3 Å². The van der Waals surface area contributed by atoms with Gasteiger partial charge >= 0.3 is 0 Å². The van der Waals surface area contributed by atoms with Crippen LogP contribution in [0.5, 0.6) is 0 Å². The fraction of sp³-hybridized carbons (Fsp3) is 0.600. The van der Waals surface area contributed by atoms with E-state index in [9.17, 15) is 0 Å². The van der Waals surface area contributed by atoms with Crippen LogP contribution in [0.3, 0.4) is 0 Å². The van der Waals surface area contributed by atoms with Gasteiger partial charge in [-0.25, -0.2) is 4.98 Å². The van der Waals surface area contributed by atoms with E-state index in [0.717, 1.165) is 27.8 Å². The predicted molar refractivity (Wildman–Crippen MR) is 62.7 cm³/mol. The van der Waals surface area contributed by atoms with E-state index in [1.807, 2.05) is 18.7 Å². The minimum atomic E-state index is 0.791. The molecule has 14 heavy (non-hydrogen) atoms. The van der Waals surface area contributed by atoms with Crippen LogP contribution in [0.1, 0.15) is 35.8 Å². The molecule has 1 aromatic rings. The maximum atomic E-state index is 8.85. The molecule has 0 aliphatic carbocycles. The van der Waals surface area contributed by atoms with E-state index in [0.29, 0.717) is 0 Å². The van der Waals surface area contributed by atoms with Gasteiger partial charge in [-0.3, -0.25) is 0 Å². The van der Waals surface area contributed by atoms with Crippen LogP contribution in [0, 0.1) is 11.3 Å². The van der Waals surface area contributed by atoms with Crippen LogP contribution in [-0.4, -0.2) is 10.7 Å². The molecule has 0 radical (unpaired) electrons. The molecule has 1 aromatic heterocycles. The molecule has 2 nitrogen and oxygen atoms in total. The summed E-state index contributed by atoms with van der Waals surface area (Å²) in [6.45, 7) is 4.21. The van der Waals surface area contributed by atoms with Crippen molar-refractivity contribution in [3.8, 4) is 6.07 Å². The number of thioether (sulfide) groups is 1. The molecule has 0 atom stereocenters. The van der Waals surface area contributed by atoms with Gasteiger partial charge in [0.2, 0.25) is 0 Å². The van der Waals surface area contributed by atoms with E-state index in [1.165, 1.54) is 12.2 Å². The second-order valence-corrected chi connectivity index (χ2v) is 5.09. The summed E-state index contributed by atoms with van der Waals surface area (Å²) >= 11 is 3.43. The lowest BCUT2D eigenvalue weighted by molar-refractivity contribution is 1.03. The molecule has 1 heterocycles. The van der Waals surface area contributed by atoms with Crippen LogP contribution < -0.4 is 0 Å². The van der Waals surface area contributed by atoms with E-state index < -0.39 is 0 Å². The number of aromatic nitrogens is 1. The number of rotatable bonds is 5. The van der Waals surface area contributed by atoms with Gasteiger partial charge in [0.15, 0.2) is 0 Å². The lowest BCUT2D eigenvalue weighted by Gasteiger charge is -1.93. The van der Waals surface area contributed by atoms with E-state index in [-0.39, 0.29) is 0 Å². The van der Waals surface area contributed by atoms with Crippen LogP contribution in [0.25, 0.3) is 0 Å². The molecule has 0 spiro atoms. The number of aryl methyl sites for hydroxylation is 1. The topological polar surface area (TPSA) is 36.7 Å². The van der Waals surface area contributed by atoms with Crippen LogP contribution in [0.2, 0.25) is 0 Å². The molecule has 0 aliphatic rings. The summed E-state index contributed by atoms with van der Waals surface area (Å²) in [5.74, 6) is 2.12. The summed E-state index contributed by atoms with van der Waals surface area (Å²) in [6, 6.07) is 2.20. The number of hydrogen-bond acceptors (Lipinski definition) is 4. The Morgan fingerprint density at radius 1 is 1.50 bits per heavy atom. The van der Waals surface area contributed by atoms with E-state index in [4.69, 9.17) is 5.26 Å². The summed E-state index contributed by atoms with van der Waals surface area (Å²) in [5, 5.41) is 9.94. The van der Waals surface area contributed by atoms with Gasteiger partial charge in [-0.15, -0.1) is 11.3 Å². The summed E-state index contributed by atoms with van der Waals surface area (Å²) in [7, 11) is 0. The van der Waals surface area contributed by atoms with E-state index in [2.05, 4.69) is 18.0 Å². The Kier molecular flexibility index (Phi) is 4.99. The maximum Gasteiger partial charge on any atom is 0.128 e. The highest BCUT2D eigenvalue weighted by Crippen LogP contribution is 2.22. The first-order chi connectivity index (χ1) is 6.81. The van der Waals surface area contributed by atoms with Crippen molar-refractivity contribution in [2.75, 3.05) is 5.75 Å². The molecular weight excluding hydrogens is 212 g/mol. The molecule has 0 aromatic carbocycles. The van der Waals surface area contributed by atoms with Crippen molar-refractivity contribution in [1.82, 2.24) is 4.98 Å². The van der Waals surface area contributed by atoms with Crippen molar-refractivity contribution in [1.29, 1.82) is 5.26 Å². The van der Waals surface area contributed by atoms with Gasteiger partial charge in [0.25, 0.3) is 0 Å². The highest BCUT2D eigenvalue weighted by atomic mass is 32.2. The summed E-state index contributed by atoms with van der Waals surface area (Å²) in [4.78, 5) is 5.24. The third-order valence-corrected chi connectivity index (χ3v) is 4.11. The molecule has 4 heteroatoms. The van der Waals surface area contributed by atoms with Gasteiger partial charge in [0.1, 0.15) is 16.0 Å². The zero-order chi connectivity index (χ0) is 10.4. The second kappa shape index (κ2) is 6.05. The molecule has 0 aliphatic heterocycles. The predicted octanol–water partition coefficient (Wildman–Crippen LogP) is 3.22. The first-order valence-corrected chi connectivity index (χ1v) is 6.75. The van der Waals surface area contributed by atoms with Crippen molar-refractivity contribution < 1.29 is 0 Å². The molecule has 0 saturated carbocycles.